The topological polar surface area (TPSA) is 85.8 Å². The third kappa shape index (κ3) is 4.00. The number of anilines is 1. The highest BCUT2D eigenvalue weighted by molar-refractivity contribution is 5.78. The second kappa shape index (κ2) is 7.12. The highest BCUT2D eigenvalue weighted by Gasteiger charge is 2.16. The van der Waals surface area contributed by atoms with Crippen molar-refractivity contribution in [1.82, 2.24) is 20.1 Å². The summed E-state index contributed by atoms with van der Waals surface area (Å²) in [6.07, 6.45) is 5.04. The number of nitrogens with two attached hydrogens (primary N) is 1. The summed E-state index contributed by atoms with van der Waals surface area (Å²) in [6.45, 7) is 1.80. The number of hydrogen-bond acceptors (Lipinski definition) is 4. The van der Waals surface area contributed by atoms with Crippen molar-refractivity contribution in [3.8, 4) is 5.69 Å². The van der Waals surface area contributed by atoms with E-state index in [0.717, 1.165) is 0 Å². The zero-order valence-electron chi connectivity index (χ0n) is 13.7. The van der Waals surface area contributed by atoms with Gasteiger partial charge in [0.15, 0.2) is 0 Å². The number of halogens is 1. The highest BCUT2D eigenvalue weighted by Crippen LogP contribution is 2.22. The molecule has 6 nitrogen and oxygen atoms in total. The van der Waals surface area contributed by atoms with Gasteiger partial charge in [0.05, 0.1) is 30.0 Å². The van der Waals surface area contributed by atoms with Crippen LogP contribution in [0.2, 0.25) is 0 Å². The van der Waals surface area contributed by atoms with E-state index in [1.165, 1.54) is 18.3 Å². The predicted octanol–water partition coefficient (Wildman–Crippen LogP) is 2.41. The first-order chi connectivity index (χ1) is 12.0. The number of pyridine rings is 1. The van der Waals surface area contributed by atoms with Gasteiger partial charge in [-0.25, -0.2) is 9.07 Å². The van der Waals surface area contributed by atoms with E-state index in [1.54, 1.807) is 48.3 Å². The van der Waals surface area contributed by atoms with Crippen molar-refractivity contribution in [3.63, 3.8) is 0 Å². The molecule has 0 fully saturated rings. The maximum atomic E-state index is 13.7. The van der Waals surface area contributed by atoms with Crippen molar-refractivity contribution in [1.29, 1.82) is 0 Å². The molecule has 2 heterocycles. The standard InChI is InChI=1S/C18H18FN5O/c1-12(23-18(25)10-15-5-4-14(20)11-21-15)16-9-13(19)3-6-17(16)24-8-2-7-22-24/h2-9,11-12H,10,20H2,1H3,(H,23,25). The average Bonchev–Trinajstić information content (AvgIpc) is 3.11. The molecule has 7 heteroatoms. The fourth-order valence-electron chi connectivity index (χ4n) is 2.57. The van der Waals surface area contributed by atoms with Crippen LogP contribution in [0.1, 0.15) is 24.2 Å². The minimum atomic E-state index is -0.392. The fraction of sp³-hybridized carbons (Fsp3) is 0.167. The second-order valence-electron chi connectivity index (χ2n) is 5.70. The molecule has 25 heavy (non-hydrogen) atoms. The Bertz CT molecular complexity index is 862. The molecule has 1 atom stereocenters. The lowest BCUT2D eigenvalue weighted by Crippen LogP contribution is -2.29. The van der Waals surface area contributed by atoms with E-state index in [1.807, 2.05) is 0 Å². The third-order valence-corrected chi connectivity index (χ3v) is 3.77. The molecule has 128 valence electrons. The molecule has 0 aliphatic carbocycles. The quantitative estimate of drug-likeness (QED) is 0.747. The molecule has 0 aliphatic rings. The molecule has 1 aromatic carbocycles. The first-order valence-corrected chi connectivity index (χ1v) is 7.82. The van der Waals surface area contributed by atoms with Crippen molar-refractivity contribution in [2.45, 2.75) is 19.4 Å². The molecule has 3 N–H and O–H groups in total. The molecule has 3 aromatic rings. The Labute approximate surface area is 144 Å². The zero-order chi connectivity index (χ0) is 17.8. The number of benzene rings is 1. The van der Waals surface area contributed by atoms with Gasteiger partial charge in [0.25, 0.3) is 0 Å². The lowest BCUT2D eigenvalue weighted by Gasteiger charge is -2.18. The number of nitrogen functional groups attached to an aromatic ring is 1. The molecule has 0 saturated carbocycles. The van der Waals surface area contributed by atoms with Crippen LogP contribution in [0, 0.1) is 5.82 Å². The van der Waals surface area contributed by atoms with Gasteiger partial charge >= 0.3 is 0 Å². The number of carbonyl (C=O) groups excluding carboxylic acids is 1. The number of amides is 1. The second-order valence-corrected chi connectivity index (χ2v) is 5.70. The van der Waals surface area contributed by atoms with Gasteiger partial charge in [-0.15, -0.1) is 0 Å². The number of aromatic nitrogens is 3. The molecule has 0 bridgehead atoms. The van der Waals surface area contributed by atoms with E-state index in [4.69, 9.17) is 5.73 Å². The van der Waals surface area contributed by atoms with Crippen LogP contribution in [0.3, 0.4) is 0 Å². The number of carbonyl (C=O) groups is 1. The summed E-state index contributed by atoms with van der Waals surface area (Å²) in [6, 6.07) is 9.20. The monoisotopic (exact) mass is 339 g/mol. The SMILES string of the molecule is CC(NC(=O)Cc1ccc(N)cn1)c1cc(F)ccc1-n1cccn1. The van der Waals surface area contributed by atoms with E-state index in [9.17, 15) is 9.18 Å². The molecule has 2 aromatic heterocycles. The van der Waals surface area contributed by atoms with E-state index < -0.39 is 6.04 Å². The van der Waals surface area contributed by atoms with Crippen LogP contribution in [-0.4, -0.2) is 20.7 Å². The summed E-state index contributed by atoms with van der Waals surface area (Å²) in [5, 5.41) is 7.04. The largest absolute Gasteiger partial charge is 0.397 e. The number of hydrogen-bond donors (Lipinski definition) is 2. The van der Waals surface area contributed by atoms with Gasteiger partial charge in [0.2, 0.25) is 5.91 Å². The van der Waals surface area contributed by atoms with Gasteiger partial charge in [-0.1, -0.05) is 0 Å². The van der Waals surface area contributed by atoms with E-state index in [-0.39, 0.29) is 18.1 Å². The van der Waals surface area contributed by atoms with Crippen LogP contribution in [0.5, 0.6) is 0 Å². The molecule has 0 radical (unpaired) electrons. The number of nitrogens with zero attached hydrogens (tertiary/aromatic N) is 3. The van der Waals surface area contributed by atoms with Crippen molar-refractivity contribution in [2.75, 3.05) is 5.73 Å². The van der Waals surface area contributed by atoms with Gasteiger partial charge in [-0.3, -0.25) is 9.78 Å². The molecule has 0 aliphatic heterocycles. The summed E-state index contributed by atoms with van der Waals surface area (Å²) in [4.78, 5) is 16.4. The van der Waals surface area contributed by atoms with Crippen molar-refractivity contribution < 1.29 is 9.18 Å². The first-order valence-electron chi connectivity index (χ1n) is 7.82. The van der Waals surface area contributed by atoms with Crippen LogP contribution in [0.25, 0.3) is 5.69 Å². The lowest BCUT2D eigenvalue weighted by atomic mass is 10.1. The maximum absolute atomic E-state index is 13.7. The van der Waals surface area contributed by atoms with Gasteiger partial charge in [0, 0.05) is 23.7 Å². The Kier molecular flexibility index (Phi) is 4.74. The molecular weight excluding hydrogens is 321 g/mol. The van der Waals surface area contributed by atoms with Crippen LogP contribution in [0.4, 0.5) is 10.1 Å². The summed E-state index contributed by atoms with van der Waals surface area (Å²) < 4.78 is 15.3. The third-order valence-electron chi connectivity index (χ3n) is 3.77. The highest BCUT2D eigenvalue weighted by atomic mass is 19.1. The fourth-order valence-corrected chi connectivity index (χ4v) is 2.57. The Hall–Kier alpha value is -3.22. The van der Waals surface area contributed by atoms with Gasteiger partial charge in [0.1, 0.15) is 5.82 Å². The van der Waals surface area contributed by atoms with Crippen LogP contribution < -0.4 is 11.1 Å². The van der Waals surface area contributed by atoms with Gasteiger partial charge in [-0.2, -0.15) is 5.10 Å². The zero-order valence-corrected chi connectivity index (χ0v) is 13.7. The van der Waals surface area contributed by atoms with Crippen molar-refractivity contribution in [3.05, 3.63) is 72.1 Å². The molecule has 0 saturated heterocycles. The van der Waals surface area contributed by atoms with Gasteiger partial charge in [-0.05, 0) is 43.3 Å². The lowest BCUT2D eigenvalue weighted by molar-refractivity contribution is -0.121. The first kappa shape index (κ1) is 16.6. The average molecular weight is 339 g/mol. The minimum absolute atomic E-state index is 0.122. The van der Waals surface area contributed by atoms with E-state index in [0.29, 0.717) is 22.6 Å². The van der Waals surface area contributed by atoms with E-state index >= 15 is 0 Å². The Morgan fingerprint density at radius 3 is 2.88 bits per heavy atom. The Morgan fingerprint density at radius 1 is 1.36 bits per heavy atom. The number of rotatable bonds is 5. The molecular formula is C18H18FN5O. The van der Waals surface area contributed by atoms with Crippen molar-refractivity contribution >= 4 is 11.6 Å². The predicted molar refractivity (Wildman–Crippen MR) is 92.4 cm³/mol. The summed E-state index contributed by atoms with van der Waals surface area (Å²) in [7, 11) is 0. The number of nitrogens with one attached hydrogen (secondary N) is 1. The van der Waals surface area contributed by atoms with Crippen LogP contribution in [-0.2, 0) is 11.2 Å². The summed E-state index contributed by atoms with van der Waals surface area (Å²) >= 11 is 0. The normalized spacial score (nSPS) is 11.9. The Balaban J connectivity index is 1.76. The molecule has 0 spiro atoms. The summed E-state index contributed by atoms with van der Waals surface area (Å²) in [5.74, 6) is -0.576. The summed E-state index contributed by atoms with van der Waals surface area (Å²) in [5.41, 5.74) is 8.10. The minimum Gasteiger partial charge on any atom is -0.397 e. The molecule has 3 rings (SSSR count). The maximum Gasteiger partial charge on any atom is 0.226 e. The van der Waals surface area contributed by atoms with Crippen molar-refractivity contribution in [2.24, 2.45) is 0 Å². The Morgan fingerprint density at radius 2 is 2.20 bits per heavy atom. The van der Waals surface area contributed by atoms with Gasteiger partial charge < -0.3 is 11.1 Å². The van der Waals surface area contributed by atoms with Crippen LogP contribution in [0.15, 0.2) is 55.0 Å². The molecule has 1 amide bonds. The smallest absolute Gasteiger partial charge is 0.226 e. The molecule has 1 unspecified atom stereocenters. The van der Waals surface area contributed by atoms with E-state index in [2.05, 4.69) is 15.4 Å². The van der Waals surface area contributed by atoms with Crippen LogP contribution >= 0.6 is 0 Å².